The fraction of sp³-hybridized carbons (Fsp3) is 0.567. The van der Waals surface area contributed by atoms with E-state index in [4.69, 9.17) is 33.2 Å². The molecule has 0 aliphatic heterocycles. The predicted octanol–water partition coefficient (Wildman–Crippen LogP) is 3.99. The second-order valence-electron chi connectivity index (χ2n) is 8.98. The topological polar surface area (TPSA) is 84.9 Å². The Hall–Kier alpha value is -2.53. The van der Waals surface area contributed by atoms with Crippen molar-refractivity contribution in [1.29, 1.82) is 0 Å². The Kier molecular flexibility index (Phi) is 14.9. The van der Waals surface area contributed by atoms with E-state index in [1.807, 2.05) is 31.2 Å². The van der Waals surface area contributed by atoms with E-state index in [-0.39, 0.29) is 12.0 Å². The molecule has 0 saturated carbocycles. The highest BCUT2D eigenvalue weighted by atomic mass is 16.6. The van der Waals surface area contributed by atoms with E-state index >= 15 is 0 Å². The summed E-state index contributed by atoms with van der Waals surface area (Å²) in [5.41, 5.74) is 4.83. The highest BCUT2D eigenvalue weighted by Gasteiger charge is 2.29. The van der Waals surface area contributed by atoms with Gasteiger partial charge in [-0.2, -0.15) is 0 Å². The number of hydrogen-bond acceptors (Lipinski definition) is 8. The van der Waals surface area contributed by atoms with Crippen molar-refractivity contribution in [3.05, 3.63) is 59.7 Å². The number of carbonyl (C=O) groups is 1. The molecule has 1 aliphatic rings. The minimum atomic E-state index is -0.355. The van der Waals surface area contributed by atoms with E-state index in [2.05, 4.69) is 24.3 Å². The summed E-state index contributed by atoms with van der Waals surface area (Å²) in [6.07, 6.45) is -0.355. The third-order valence-corrected chi connectivity index (χ3v) is 6.28. The summed E-state index contributed by atoms with van der Waals surface area (Å²) in [7, 11) is 1.72. The van der Waals surface area contributed by atoms with Gasteiger partial charge in [0.05, 0.1) is 72.7 Å². The van der Waals surface area contributed by atoms with Crippen LogP contribution in [0, 0.1) is 0 Å². The van der Waals surface area contributed by atoms with Crippen molar-refractivity contribution in [3.8, 4) is 11.1 Å². The highest BCUT2D eigenvalue weighted by Crippen LogP contribution is 2.44. The first-order valence-electron chi connectivity index (χ1n) is 13.7. The van der Waals surface area contributed by atoms with Gasteiger partial charge in [-0.1, -0.05) is 48.5 Å². The lowest BCUT2D eigenvalue weighted by atomic mass is 9.98. The minimum Gasteiger partial charge on any atom is -0.448 e. The Balaban J connectivity index is 1.14. The van der Waals surface area contributed by atoms with E-state index in [1.165, 1.54) is 27.2 Å². The Morgan fingerprint density at radius 3 is 1.51 bits per heavy atom. The lowest BCUT2D eigenvalue weighted by Gasteiger charge is -2.19. The van der Waals surface area contributed by atoms with E-state index in [0.717, 1.165) is 0 Å². The molecule has 2 aromatic carbocycles. The van der Waals surface area contributed by atoms with Crippen molar-refractivity contribution < 1.29 is 38.0 Å². The molecular weight excluding hydrogens is 502 g/mol. The van der Waals surface area contributed by atoms with Crippen molar-refractivity contribution in [2.75, 3.05) is 99.5 Å². The molecule has 2 aromatic rings. The largest absolute Gasteiger partial charge is 0.448 e. The maximum atomic E-state index is 12.5. The number of ether oxygens (including phenoxy) is 7. The van der Waals surface area contributed by atoms with Gasteiger partial charge in [0.2, 0.25) is 0 Å². The second-order valence-corrected chi connectivity index (χ2v) is 8.98. The average Bonchev–Trinajstić information content (AvgIpc) is 3.28. The first-order chi connectivity index (χ1) is 19.2. The predicted molar refractivity (Wildman–Crippen MR) is 148 cm³/mol. The van der Waals surface area contributed by atoms with Gasteiger partial charge in [0.25, 0.3) is 0 Å². The van der Waals surface area contributed by atoms with Crippen LogP contribution < -0.4 is 0 Å². The molecule has 39 heavy (non-hydrogen) atoms. The number of amides is 1. The van der Waals surface area contributed by atoms with Crippen molar-refractivity contribution in [2.24, 2.45) is 0 Å². The normalized spacial score (nSPS) is 12.4. The molecule has 0 N–H and O–H groups in total. The van der Waals surface area contributed by atoms with Gasteiger partial charge in [0.15, 0.2) is 0 Å². The Bertz CT molecular complexity index is 911. The van der Waals surface area contributed by atoms with Gasteiger partial charge in [0, 0.05) is 26.1 Å². The lowest BCUT2D eigenvalue weighted by Crippen LogP contribution is -2.32. The maximum absolute atomic E-state index is 12.5. The Morgan fingerprint density at radius 1 is 0.641 bits per heavy atom. The smallest absolute Gasteiger partial charge is 0.409 e. The van der Waals surface area contributed by atoms with Gasteiger partial charge in [-0.05, 0) is 29.2 Å². The van der Waals surface area contributed by atoms with Gasteiger partial charge < -0.3 is 38.1 Å². The molecular formula is C30H43NO8. The van der Waals surface area contributed by atoms with E-state index in [0.29, 0.717) is 92.4 Å². The van der Waals surface area contributed by atoms with Crippen LogP contribution in [0.5, 0.6) is 0 Å². The molecule has 0 atom stereocenters. The van der Waals surface area contributed by atoms with Gasteiger partial charge in [-0.15, -0.1) is 0 Å². The molecule has 0 spiro atoms. The molecule has 3 rings (SSSR count). The molecule has 0 radical (unpaired) electrons. The number of nitrogens with zero attached hydrogens (tertiary/aromatic N) is 1. The third kappa shape index (κ3) is 10.9. The molecule has 9 heteroatoms. The van der Waals surface area contributed by atoms with Gasteiger partial charge in [0.1, 0.15) is 6.61 Å². The number of rotatable bonds is 21. The Morgan fingerprint density at radius 2 is 1.05 bits per heavy atom. The zero-order valence-corrected chi connectivity index (χ0v) is 23.3. The number of carbonyl (C=O) groups excluding carboxylic acids is 1. The van der Waals surface area contributed by atoms with Gasteiger partial charge >= 0.3 is 6.09 Å². The third-order valence-electron chi connectivity index (χ3n) is 6.28. The summed E-state index contributed by atoms with van der Waals surface area (Å²) < 4.78 is 38.2. The lowest BCUT2D eigenvalue weighted by molar-refractivity contribution is -0.0168. The van der Waals surface area contributed by atoms with Crippen molar-refractivity contribution >= 4 is 6.09 Å². The molecule has 9 nitrogen and oxygen atoms in total. The molecule has 0 bridgehead atoms. The second kappa shape index (κ2) is 18.7. The first kappa shape index (κ1) is 31.0. The molecule has 0 saturated heterocycles. The molecule has 0 fully saturated rings. The van der Waals surface area contributed by atoms with Crippen LogP contribution in [0.1, 0.15) is 24.0 Å². The van der Waals surface area contributed by atoms with Crippen molar-refractivity contribution in [3.63, 3.8) is 0 Å². The standard InChI is InChI=1S/C30H43NO8/c1-3-33-14-15-35-18-19-37-22-23-38-21-20-36-17-16-34-13-12-31(2)30(32)39-24-29-27-10-6-4-8-25(27)26-9-5-7-11-28(26)29/h4-11,29H,3,12-24H2,1-2H3. The number of likely N-dealkylation sites (N-methyl/N-ethyl adjacent to an activating group) is 1. The summed E-state index contributed by atoms with van der Waals surface area (Å²) in [4.78, 5) is 14.1. The zero-order chi connectivity index (χ0) is 27.5. The summed E-state index contributed by atoms with van der Waals surface area (Å²) in [6, 6.07) is 16.6. The average molecular weight is 546 g/mol. The van der Waals surface area contributed by atoms with Crippen LogP contribution in [0.4, 0.5) is 4.79 Å². The fourth-order valence-electron chi connectivity index (χ4n) is 4.24. The number of benzene rings is 2. The molecule has 0 aromatic heterocycles. The summed E-state index contributed by atoms with van der Waals surface area (Å²) >= 11 is 0. The number of fused-ring (bicyclic) bond motifs is 3. The highest BCUT2D eigenvalue weighted by molar-refractivity contribution is 5.79. The maximum Gasteiger partial charge on any atom is 0.409 e. The van der Waals surface area contributed by atoms with E-state index in [1.54, 1.807) is 7.05 Å². The molecule has 1 aliphatic carbocycles. The van der Waals surface area contributed by atoms with E-state index in [9.17, 15) is 4.79 Å². The monoisotopic (exact) mass is 545 g/mol. The van der Waals surface area contributed by atoms with Crippen LogP contribution in [0.3, 0.4) is 0 Å². The van der Waals surface area contributed by atoms with Gasteiger partial charge in [-0.3, -0.25) is 0 Å². The summed E-state index contributed by atoms with van der Waals surface area (Å²) in [5, 5.41) is 0. The van der Waals surface area contributed by atoms with Crippen LogP contribution in [0.15, 0.2) is 48.5 Å². The number of hydrogen-bond donors (Lipinski definition) is 0. The van der Waals surface area contributed by atoms with Crippen LogP contribution >= 0.6 is 0 Å². The Labute approximate surface area is 232 Å². The minimum absolute atomic E-state index is 0.0512. The summed E-state index contributed by atoms with van der Waals surface area (Å²) in [5.74, 6) is 0.0512. The molecule has 0 heterocycles. The quantitative estimate of drug-likeness (QED) is 0.218. The SMILES string of the molecule is CCOCCOCCOCCOCCOCCOCCN(C)C(=O)OCC1c2ccccc2-c2ccccc21. The van der Waals surface area contributed by atoms with Crippen molar-refractivity contribution in [2.45, 2.75) is 12.8 Å². The van der Waals surface area contributed by atoms with E-state index < -0.39 is 0 Å². The van der Waals surface area contributed by atoms with Crippen molar-refractivity contribution in [1.82, 2.24) is 4.90 Å². The fourth-order valence-corrected chi connectivity index (χ4v) is 4.24. The zero-order valence-electron chi connectivity index (χ0n) is 23.3. The van der Waals surface area contributed by atoms with Crippen LogP contribution in [-0.4, -0.2) is 110 Å². The van der Waals surface area contributed by atoms with Crippen LogP contribution in [0.2, 0.25) is 0 Å². The first-order valence-corrected chi connectivity index (χ1v) is 13.7. The summed E-state index contributed by atoms with van der Waals surface area (Å²) in [6.45, 7) is 9.06. The molecule has 1 amide bonds. The van der Waals surface area contributed by atoms with Crippen LogP contribution in [-0.2, 0) is 33.2 Å². The van der Waals surface area contributed by atoms with Crippen LogP contribution in [0.25, 0.3) is 11.1 Å². The molecule has 216 valence electrons. The van der Waals surface area contributed by atoms with Gasteiger partial charge in [-0.25, -0.2) is 4.79 Å². The molecule has 0 unspecified atom stereocenters.